The molecule has 0 saturated carbocycles. The van der Waals surface area contributed by atoms with E-state index in [1.165, 1.54) is 0 Å². The van der Waals surface area contributed by atoms with Crippen LogP contribution in [-0.2, 0) is 17.9 Å². The number of rotatable bonds is 5. The van der Waals surface area contributed by atoms with E-state index in [-0.39, 0.29) is 12.5 Å². The Kier molecular flexibility index (Phi) is 4.27. The molecule has 82 valence electrons. The van der Waals surface area contributed by atoms with Gasteiger partial charge in [0.25, 0.3) is 0 Å². The second-order valence-electron chi connectivity index (χ2n) is 3.66. The van der Waals surface area contributed by atoms with Crippen molar-refractivity contribution in [3.8, 4) is 0 Å². The quantitative estimate of drug-likeness (QED) is 0.717. The van der Waals surface area contributed by atoms with Crippen LogP contribution < -0.4 is 11.5 Å². The molecule has 4 nitrogen and oxygen atoms in total. The van der Waals surface area contributed by atoms with Gasteiger partial charge >= 0.3 is 0 Å². The number of carbonyl (C=O) groups is 1. The molecule has 0 aliphatic rings. The average Bonchev–Trinajstić information content (AvgIpc) is 2.16. The maximum atomic E-state index is 10.7. The van der Waals surface area contributed by atoms with Crippen molar-refractivity contribution in [3.63, 3.8) is 0 Å². The van der Waals surface area contributed by atoms with Gasteiger partial charge in [-0.1, -0.05) is 24.3 Å². The summed E-state index contributed by atoms with van der Waals surface area (Å²) in [5, 5.41) is 0. The van der Waals surface area contributed by atoms with Crippen molar-refractivity contribution in [1.29, 1.82) is 0 Å². The Morgan fingerprint density at radius 3 is 2.67 bits per heavy atom. The van der Waals surface area contributed by atoms with Crippen LogP contribution in [0.5, 0.6) is 0 Å². The smallest absolute Gasteiger partial charge is 0.231 e. The number of nitrogens with two attached hydrogens (primary N) is 2. The predicted molar refractivity (Wildman–Crippen MR) is 59.9 cm³/mol. The van der Waals surface area contributed by atoms with E-state index >= 15 is 0 Å². The molecule has 4 N–H and O–H groups in total. The Hall–Kier alpha value is -1.39. The van der Waals surface area contributed by atoms with E-state index in [2.05, 4.69) is 0 Å². The van der Waals surface area contributed by atoms with Crippen molar-refractivity contribution >= 4 is 5.91 Å². The molecule has 0 spiro atoms. The molecule has 0 unspecified atom stereocenters. The number of hydrogen-bond donors (Lipinski definition) is 2. The Morgan fingerprint density at radius 2 is 2.07 bits per heavy atom. The maximum Gasteiger partial charge on any atom is 0.231 e. The zero-order valence-corrected chi connectivity index (χ0v) is 8.94. The van der Waals surface area contributed by atoms with Gasteiger partial charge in [0.1, 0.15) is 0 Å². The lowest BCUT2D eigenvalue weighted by atomic mass is 10.1. The van der Waals surface area contributed by atoms with Crippen LogP contribution in [0.4, 0.5) is 0 Å². The number of primary amides is 1. The van der Waals surface area contributed by atoms with Gasteiger partial charge in [0, 0.05) is 13.1 Å². The van der Waals surface area contributed by atoms with Gasteiger partial charge in [-0.15, -0.1) is 0 Å². The molecule has 0 fully saturated rings. The van der Waals surface area contributed by atoms with E-state index in [1.54, 1.807) is 0 Å². The summed E-state index contributed by atoms with van der Waals surface area (Å²) in [6, 6.07) is 8.00. The number of amides is 1. The molecule has 1 aromatic rings. The van der Waals surface area contributed by atoms with Crippen LogP contribution >= 0.6 is 0 Å². The van der Waals surface area contributed by atoms with Crippen LogP contribution in [0.2, 0.25) is 0 Å². The van der Waals surface area contributed by atoms with Gasteiger partial charge in [-0.3, -0.25) is 9.69 Å². The molecule has 0 radical (unpaired) electrons. The Morgan fingerprint density at radius 1 is 1.40 bits per heavy atom. The van der Waals surface area contributed by atoms with Crippen molar-refractivity contribution in [1.82, 2.24) is 4.90 Å². The minimum atomic E-state index is -0.313. The minimum absolute atomic E-state index is 0.271. The SMILES string of the molecule is CN(CC(N)=O)Cc1cccc(CN)c1. The molecular weight excluding hydrogens is 190 g/mol. The Balaban J connectivity index is 2.59. The first-order chi connectivity index (χ1) is 7.11. The lowest BCUT2D eigenvalue weighted by Crippen LogP contribution is -2.30. The third-order valence-corrected chi connectivity index (χ3v) is 2.11. The van der Waals surface area contributed by atoms with Gasteiger partial charge in [-0.05, 0) is 18.2 Å². The summed E-state index contributed by atoms with van der Waals surface area (Å²) in [5.41, 5.74) is 12.9. The third-order valence-electron chi connectivity index (χ3n) is 2.11. The van der Waals surface area contributed by atoms with Crippen LogP contribution in [-0.4, -0.2) is 24.4 Å². The molecule has 0 bridgehead atoms. The fourth-order valence-corrected chi connectivity index (χ4v) is 1.49. The fraction of sp³-hybridized carbons (Fsp3) is 0.364. The highest BCUT2D eigenvalue weighted by Gasteiger charge is 2.03. The second kappa shape index (κ2) is 5.48. The highest BCUT2D eigenvalue weighted by atomic mass is 16.1. The van der Waals surface area contributed by atoms with E-state index in [1.807, 2.05) is 36.2 Å². The topological polar surface area (TPSA) is 72.3 Å². The van der Waals surface area contributed by atoms with E-state index in [9.17, 15) is 4.79 Å². The first kappa shape index (κ1) is 11.7. The van der Waals surface area contributed by atoms with Gasteiger partial charge in [-0.2, -0.15) is 0 Å². The molecule has 0 aliphatic carbocycles. The van der Waals surface area contributed by atoms with Crippen molar-refractivity contribution in [2.75, 3.05) is 13.6 Å². The van der Waals surface area contributed by atoms with E-state index in [4.69, 9.17) is 11.5 Å². The summed E-state index contributed by atoms with van der Waals surface area (Å²) in [6.45, 7) is 1.51. The van der Waals surface area contributed by atoms with Gasteiger partial charge in [0.15, 0.2) is 0 Å². The highest BCUT2D eigenvalue weighted by molar-refractivity contribution is 5.75. The molecule has 0 heterocycles. The second-order valence-corrected chi connectivity index (χ2v) is 3.66. The molecule has 0 atom stereocenters. The highest BCUT2D eigenvalue weighted by Crippen LogP contribution is 2.06. The van der Waals surface area contributed by atoms with Crippen LogP contribution in [0.15, 0.2) is 24.3 Å². The zero-order chi connectivity index (χ0) is 11.3. The predicted octanol–water partition coefficient (Wildman–Crippen LogP) is 0.0624. The van der Waals surface area contributed by atoms with Crippen LogP contribution in [0.3, 0.4) is 0 Å². The lowest BCUT2D eigenvalue weighted by Gasteiger charge is -2.14. The number of carbonyl (C=O) groups excluding carboxylic acids is 1. The largest absolute Gasteiger partial charge is 0.369 e. The number of hydrogen-bond acceptors (Lipinski definition) is 3. The molecule has 1 aromatic carbocycles. The summed E-state index contributed by atoms with van der Waals surface area (Å²) < 4.78 is 0. The molecule has 0 aromatic heterocycles. The Labute approximate surface area is 89.9 Å². The molecule has 1 amide bonds. The summed E-state index contributed by atoms with van der Waals surface area (Å²) in [6.07, 6.45) is 0. The molecular formula is C11H17N3O. The van der Waals surface area contributed by atoms with E-state index in [0.717, 1.165) is 11.1 Å². The normalized spacial score (nSPS) is 10.6. The fourth-order valence-electron chi connectivity index (χ4n) is 1.49. The first-order valence-corrected chi connectivity index (χ1v) is 4.86. The van der Waals surface area contributed by atoms with Crippen LogP contribution in [0.25, 0.3) is 0 Å². The zero-order valence-electron chi connectivity index (χ0n) is 8.94. The van der Waals surface area contributed by atoms with Crippen molar-refractivity contribution in [2.45, 2.75) is 13.1 Å². The summed E-state index contributed by atoms with van der Waals surface area (Å²) in [7, 11) is 1.86. The van der Waals surface area contributed by atoms with Crippen LogP contribution in [0.1, 0.15) is 11.1 Å². The number of nitrogens with zero attached hydrogens (tertiary/aromatic N) is 1. The number of benzene rings is 1. The monoisotopic (exact) mass is 207 g/mol. The summed E-state index contributed by atoms with van der Waals surface area (Å²) in [4.78, 5) is 12.6. The lowest BCUT2D eigenvalue weighted by molar-refractivity contribution is -0.118. The number of likely N-dealkylation sites (N-methyl/N-ethyl adjacent to an activating group) is 1. The molecule has 15 heavy (non-hydrogen) atoms. The Bertz CT molecular complexity index is 338. The van der Waals surface area contributed by atoms with Gasteiger partial charge < -0.3 is 11.5 Å². The molecule has 1 rings (SSSR count). The molecule has 4 heteroatoms. The molecule has 0 aliphatic heterocycles. The molecule has 0 saturated heterocycles. The van der Waals surface area contributed by atoms with Crippen molar-refractivity contribution in [2.24, 2.45) is 11.5 Å². The first-order valence-electron chi connectivity index (χ1n) is 4.86. The van der Waals surface area contributed by atoms with Gasteiger partial charge in [0.05, 0.1) is 6.54 Å². The third kappa shape index (κ3) is 4.10. The average molecular weight is 207 g/mol. The summed E-state index contributed by atoms with van der Waals surface area (Å²) >= 11 is 0. The van der Waals surface area contributed by atoms with Gasteiger partial charge in [-0.25, -0.2) is 0 Å². The van der Waals surface area contributed by atoms with E-state index in [0.29, 0.717) is 13.1 Å². The van der Waals surface area contributed by atoms with E-state index < -0.39 is 0 Å². The summed E-state index contributed by atoms with van der Waals surface area (Å²) in [5.74, 6) is -0.313. The van der Waals surface area contributed by atoms with Crippen molar-refractivity contribution in [3.05, 3.63) is 35.4 Å². The van der Waals surface area contributed by atoms with Crippen molar-refractivity contribution < 1.29 is 4.79 Å². The standard InChI is InChI=1S/C11H17N3O/c1-14(8-11(13)15)7-10-4-2-3-9(5-10)6-12/h2-5H,6-8,12H2,1H3,(H2,13,15). The minimum Gasteiger partial charge on any atom is -0.369 e. The maximum absolute atomic E-state index is 10.7. The van der Waals surface area contributed by atoms with Gasteiger partial charge in [0.2, 0.25) is 5.91 Å². The van der Waals surface area contributed by atoms with Crippen LogP contribution in [0, 0.1) is 0 Å².